The minimum absolute atomic E-state index is 0.114. The Morgan fingerprint density at radius 2 is 2.28 bits per heavy atom. The van der Waals surface area contributed by atoms with Crippen LogP contribution >= 0.6 is 23.5 Å². The summed E-state index contributed by atoms with van der Waals surface area (Å²) in [5, 5.41) is 10.8. The average Bonchev–Trinajstić information content (AvgIpc) is 2.56. The van der Waals surface area contributed by atoms with E-state index < -0.39 is 6.10 Å². The van der Waals surface area contributed by atoms with Crippen LogP contribution in [0.25, 0.3) is 0 Å². The molecule has 3 aliphatic rings. The summed E-state index contributed by atoms with van der Waals surface area (Å²) in [7, 11) is 0. The summed E-state index contributed by atoms with van der Waals surface area (Å²) < 4.78 is 1.31. The van der Waals surface area contributed by atoms with Crippen molar-refractivity contribution in [2.24, 2.45) is 5.92 Å². The second-order valence-corrected chi connectivity index (χ2v) is 7.96. The summed E-state index contributed by atoms with van der Waals surface area (Å²) >= 11 is 3.73. The summed E-state index contributed by atoms with van der Waals surface area (Å²) in [4.78, 5) is 14.0. The van der Waals surface area contributed by atoms with Crippen molar-refractivity contribution in [2.45, 2.75) is 56.3 Å². The molecule has 3 nitrogen and oxygen atoms in total. The number of amides is 1. The first-order valence-electron chi connectivity index (χ1n) is 6.68. The molecule has 2 heterocycles. The van der Waals surface area contributed by atoms with Crippen molar-refractivity contribution in [3.05, 3.63) is 9.93 Å². The molecular formula is C13H19NO2S2. The first kappa shape index (κ1) is 12.9. The molecule has 3 rings (SSSR count). The van der Waals surface area contributed by atoms with Crippen molar-refractivity contribution in [3.63, 3.8) is 0 Å². The molecule has 0 unspecified atom stereocenters. The molecule has 0 spiro atoms. The van der Waals surface area contributed by atoms with Crippen LogP contribution in [0.2, 0.25) is 0 Å². The molecule has 1 N–H and O–H groups in total. The molecule has 0 aromatic rings. The molecule has 0 aromatic heterocycles. The lowest BCUT2D eigenvalue weighted by Crippen LogP contribution is -2.60. The number of rotatable bonds is 4. The van der Waals surface area contributed by atoms with E-state index in [9.17, 15) is 9.90 Å². The Hall–Kier alpha value is -0.130. The molecule has 1 saturated carbocycles. The summed E-state index contributed by atoms with van der Waals surface area (Å²) in [6, 6.07) is 0. The van der Waals surface area contributed by atoms with Crippen LogP contribution in [-0.2, 0) is 4.79 Å². The Labute approximate surface area is 116 Å². The van der Waals surface area contributed by atoms with E-state index in [4.69, 9.17) is 0 Å². The number of hydrogen-bond acceptors (Lipinski definition) is 4. The van der Waals surface area contributed by atoms with Gasteiger partial charge in [0.15, 0.2) is 0 Å². The maximum Gasteiger partial charge on any atom is 0.236 e. The highest BCUT2D eigenvalue weighted by molar-refractivity contribution is 8.23. The van der Waals surface area contributed by atoms with Crippen LogP contribution < -0.4 is 0 Å². The molecule has 1 aliphatic carbocycles. The van der Waals surface area contributed by atoms with Crippen LogP contribution in [-0.4, -0.2) is 32.6 Å². The first-order valence-corrected chi connectivity index (χ1v) is 8.44. The number of hydrogen-bond donors (Lipinski definition) is 1. The Kier molecular flexibility index (Phi) is 3.41. The Bertz CT molecular complexity index is 406. The zero-order valence-electron chi connectivity index (χ0n) is 10.8. The predicted molar refractivity (Wildman–Crippen MR) is 75.9 cm³/mol. The molecule has 0 bridgehead atoms. The number of β-lactam (4-membered cyclic amide) rings is 1. The van der Waals surface area contributed by atoms with E-state index in [1.54, 1.807) is 11.8 Å². The largest absolute Gasteiger partial charge is 0.392 e. The van der Waals surface area contributed by atoms with Gasteiger partial charge < -0.3 is 10.0 Å². The number of aliphatic hydroxyl groups excluding tert-OH is 1. The molecular weight excluding hydrogens is 266 g/mol. The highest BCUT2D eigenvalue weighted by Crippen LogP contribution is 2.55. The van der Waals surface area contributed by atoms with Gasteiger partial charge in [-0.25, -0.2) is 0 Å². The van der Waals surface area contributed by atoms with Crippen LogP contribution in [0.15, 0.2) is 9.93 Å². The summed E-state index contributed by atoms with van der Waals surface area (Å²) in [5.74, 6) is -0.0713. The molecule has 2 aliphatic heterocycles. The standard InChI is InChI=1S/C13H19NO2S2/c1-3-9(15)10-11(16)14-7(2)13(18-12(10)14)17-8-5-4-6-8/h8-10,12,15H,3-6H2,1-2H3/t9-,10+,12+/m0/s1. The number of thioether (sulfide) groups is 2. The monoisotopic (exact) mass is 285 g/mol. The first-order chi connectivity index (χ1) is 8.63. The van der Waals surface area contributed by atoms with Gasteiger partial charge in [-0.3, -0.25) is 4.79 Å². The van der Waals surface area contributed by atoms with Gasteiger partial charge in [-0.1, -0.05) is 25.1 Å². The van der Waals surface area contributed by atoms with Gasteiger partial charge in [-0.2, -0.15) is 0 Å². The van der Waals surface area contributed by atoms with Gasteiger partial charge in [0.25, 0.3) is 0 Å². The van der Waals surface area contributed by atoms with Gasteiger partial charge in [0.05, 0.1) is 16.3 Å². The second kappa shape index (κ2) is 4.76. The lowest BCUT2D eigenvalue weighted by molar-refractivity contribution is -0.153. The van der Waals surface area contributed by atoms with Gasteiger partial charge >= 0.3 is 0 Å². The van der Waals surface area contributed by atoms with Crippen molar-refractivity contribution < 1.29 is 9.90 Å². The quantitative estimate of drug-likeness (QED) is 0.806. The minimum atomic E-state index is -0.480. The summed E-state index contributed by atoms with van der Waals surface area (Å²) in [6.07, 6.45) is 4.14. The van der Waals surface area contributed by atoms with Gasteiger partial charge in [-0.15, -0.1) is 11.8 Å². The van der Waals surface area contributed by atoms with E-state index in [1.807, 2.05) is 30.5 Å². The van der Waals surface area contributed by atoms with Crippen molar-refractivity contribution in [3.8, 4) is 0 Å². The molecule has 0 radical (unpaired) electrons. The van der Waals surface area contributed by atoms with E-state index in [2.05, 4.69) is 0 Å². The smallest absolute Gasteiger partial charge is 0.236 e. The minimum Gasteiger partial charge on any atom is -0.392 e. The topological polar surface area (TPSA) is 40.5 Å². The van der Waals surface area contributed by atoms with E-state index in [1.165, 1.54) is 23.5 Å². The van der Waals surface area contributed by atoms with Crippen molar-refractivity contribution in [1.82, 2.24) is 4.90 Å². The molecule has 2 fully saturated rings. The van der Waals surface area contributed by atoms with Gasteiger partial charge in [0.2, 0.25) is 5.91 Å². The summed E-state index contributed by atoms with van der Waals surface area (Å²) in [5.41, 5.74) is 1.12. The number of fused-ring (bicyclic) bond motifs is 1. The average molecular weight is 285 g/mol. The molecule has 0 aromatic carbocycles. The maximum absolute atomic E-state index is 12.1. The molecule has 18 heavy (non-hydrogen) atoms. The second-order valence-electron chi connectivity index (χ2n) is 5.26. The van der Waals surface area contributed by atoms with E-state index in [-0.39, 0.29) is 17.2 Å². The third kappa shape index (κ3) is 1.82. The third-order valence-electron chi connectivity index (χ3n) is 4.13. The molecule has 100 valence electrons. The van der Waals surface area contributed by atoms with Crippen LogP contribution in [0.5, 0.6) is 0 Å². The number of allylic oxidation sites excluding steroid dienone is 1. The SMILES string of the molecule is CC[C@H](O)[C@@H]1C(=O)N2C(C)=C(SC3CCC3)S[C@H]12. The molecule has 1 saturated heterocycles. The number of carbonyl (C=O) groups excluding carboxylic acids is 1. The molecule has 1 amide bonds. The highest BCUT2D eigenvalue weighted by Gasteiger charge is 2.55. The van der Waals surface area contributed by atoms with Crippen LogP contribution in [0, 0.1) is 5.92 Å². The fraction of sp³-hybridized carbons (Fsp3) is 0.769. The third-order valence-corrected chi connectivity index (χ3v) is 7.27. The Morgan fingerprint density at radius 1 is 1.56 bits per heavy atom. The van der Waals surface area contributed by atoms with Crippen LogP contribution in [0.4, 0.5) is 0 Å². The number of nitrogens with zero attached hydrogens (tertiary/aromatic N) is 1. The van der Waals surface area contributed by atoms with Crippen LogP contribution in [0.3, 0.4) is 0 Å². The van der Waals surface area contributed by atoms with Crippen molar-refractivity contribution in [1.29, 1.82) is 0 Å². The van der Waals surface area contributed by atoms with Crippen molar-refractivity contribution in [2.75, 3.05) is 0 Å². The zero-order chi connectivity index (χ0) is 12.9. The molecule has 3 atom stereocenters. The van der Waals surface area contributed by atoms with Crippen molar-refractivity contribution >= 4 is 29.4 Å². The van der Waals surface area contributed by atoms with E-state index in [0.717, 1.165) is 10.9 Å². The number of carbonyl (C=O) groups is 1. The van der Waals surface area contributed by atoms with Crippen LogP contribution in [0.1, 0.15) is 39.5 Å². The van der Waals surface area contributed by atoms with Gasteiger partial charge in [0.1, 0.15) is 5.37 Å². The zero-order valence-corrected chi connectivity index (χ0v) is 12.4. The highest BCUT2D eigenvalue weighted by atomic mass is 32.2. The maximum atomic E-state index is 12.1. The lowest BCUT2D eigenvalue weighted by Gasteiger charge is -2.44. The van der Waals surface area contributed by atoms with Gasteiger partial charge in [0, 0.05) is 10.9 Å². The fourth-order valence-electron chi connectivity index (χ4n) is 2.62. The normalized spacial score (nSPS) is 33.3. The van der Waals surface area contributed by atoms with E-state index in [0.29, 0.717) is 6.42 Å². The fourth-order valence-corrected chi connectivity index (χ4v) is 5.99. The number of aliphatic hydroxyl groups is 1. The van der Waals surface area contributed by atoms with E-state index >= 15 is 0 Å². The lowest BCUT2D eigenvalue weighted by atomic mass is 9.90. The predicted octanol–water partition coefficient (Wildman–Crippen LogP) is 2.76. The summed E-state index contributed by atoms with van der Waals surface area (Å²) in [6.45, 7) is 3.98. The Morgan fingerprint density at radius 3 is 2.83 bits per heavy atom. The van der Waals surface area contributed by atoms with Gasteiger partial charge in [-0.05, 0) is 26.2 Å². The Balaban J connectivity index is 1.69. The molecule has 5 heteroatoms.